The zero-order valence-electron chi connectivity index (χ0n) is 14.5. The van der Waals surface area contributed by atoms with Crippen LogP contribution in [0.3, 0.4) is 0 Å². The van der Waals surface area contributed by atoms with Gasteiger partial charge in [0.25, 0.3) is 0 Å². The Bertz CT molecular complexity index is 681. The van der Waals surface area contributed by atoms with Crippen molar-refractivity contribution in [1.82, 2.24) is 4.90 Å². The highest BCUT2D eigenvalue weighted by Gasteiger charge is 2.28. The third kappa shape index (κ3) is 4.26. The van der Waals surface area contributed by atoms with E-state index >= 15 is 0 Å². The first-order valence-electron chi connectivity index (χ1n) is 8.86. The van der Waals surface area contributed by atoms with E-state index < -0.39 is 0 Å². The Balaban J connectivity index is 1.90. The van der Waals surface area contributed by atoms with Gasteiger partial charge in [0.05, 0.1) is 6.04 Å². The van der Waals surface area contributed by atoms with E-state index in [1.807, 2.05) is 42.2 Å². The summed E-state index contributed by atoms with van der Waals surface area (Å²) < 4.78 is 18.8. The van der Waals surface area contributed by atoms with Gasteiger partial charge in [0.1, 0.15) is 5.82 Å². The monoisotopic (exact) mass is 341 g/mol. The lowest BCUT2D eigenvalue weighted by atomic mass is 9.95. The second kappa shape index (κ2) is 8.26. The van der Waals surface area contributed by atoms with Gasteiger partial charge in [0, 0.05) is 26.2 Å². The summed E-state index contributed by atoms with van der Waals surface area (Å²) in [6.07, 6.45) is 1.44. The van der Waals surface area contributed by atoms with Gasteiger partial charge in [-0.3, -0.25) is 4.79 Å². The van der Waals surface area contributed by atoms with Crippen LogP contribution in [0.2, 0.25) is 0 Å². The number of halogens is 1. The molecule has 0 spiro atoms. The summed E-state index contributed by atoms with van der Waals surface area (Å²) in [6, 6.07) is 16.2. The van der Waals surface area contributed by atoms with Gasteiger partial charge < -0.3 is 9.64 Å². The molecule has 1 heterocycles. The molecule has 1 saturated heterocycles. The van der Waals surface area contributed by atoms with E-state index in [0.717, 1.165) is 24.2 Å². The van der Waals surface area contributed by atoms with Gasteiger partial charge in [-0.2, -0.15) is 0 Å². The maximum Gasteiger partial charge on any atom is 0.223 e. The van der Waals surface area contributed by atoms with Crippen molar-refractivity contribution in [2.45, 2.75) is 25.8 Å². The summed E-state index contributed by atoms with van der Waals surface area (Å²) >= 11 is 0. The first kappa shape index (κ1) is 17.6. The van der Waals surface area contributed by atoms with Gasteiger partial charge in [-0.15, -0.1) is 0 Å². The number of hydrogen-bond acceptors (Lipinski definition) is 2. The Morgan fingerprint density at radius 3 is 2.44 bits per heavy atom. The molecule has 2 aromatic rings. The smallest absolute Gasteiger partial charge is 0.223 e. The van der Waals surface area contributed by atoms with E-state index in [9.17, 15) is 9.18 Å². The van der Waals surface area contributed by atoms with E-state index in [2.05, 4.69) is 0 Å². The fourth-order valence-electron chi connectivity index (χ4n) is 3.44. The quantitative estimate of drug-likeness (QED) is 0.788. The van der Waals surface area contributed by atoms with E-state index in [-0.39, 0.29) is 17.8 Å². The van der Waals surface area contributed by atoms with Crippen LogP contribution in [0.1, 0.15) is 36.9 Å². The predicted octanol–water partition coefficient (Wildman–Crippen LogP) is 4.19. The van der Waals surface area contributed by atoms with Gasteiger partial charge in [-0.25, -0.2) is 4.39 Å². The number of carbonyl (C=O) groups excluding carboxylic acids is 1. The zero-order chi connectivity index (χ0) is 17.6. The SMILES string of the molecule is CCN(C(=O)C[C@H]1CCOC1)[C@H](c1ccccc1)c1ccc(F)cc1. The molecular weight excluding hydrogens is 317 g/mol. The molecule has 25 heavy (non-hydrogen) atoms. The molecule has 4 heteroatoms. The molecule has 1 aliphatic heterocycles. The maximum absolute atomic E-state index is 13.4. The van der Waals surface area contributed by atoms with Crippen LogP contribution in [-0.2, 0) is 9.53 Å². The van der Waals surface area contributed by atoms with Crippen molar-refractivity contribution in [2.75, 3.05) is 19.8 Å². The van der Waals surface area contributed by atoms with Crippen molar-refractivity contribution in [3.63, 3.8) is 0 Å². The topological polar surface area (TPSA) is 29.5 Å². The van der Waals surface area contributed by atoms with Crippen LogP contribution in [0.5, 0.6) is 0 Å². The highest BCUT2D eigenvalue weighted by atomic mass is 19.1. The molecule has 1 amide bonds. The standard InChI is InChI=1S/C21H24FNO2/c1-2-23(20(24)14-16-12-13-25-15-16)21(17-6-4-3-5-7-17)18-8-10-19(22)11-9-18/h3-11,16,21H,2,12-15H2,1H3/t16-,21-/m1/s1. The van der Waals surface area contributed by atoms with Gasteiger partial charge in [0.15, 0.2) is 0 Å². The Hall–Kier alpha value is -2.20. The van der Waals surface area contributed by atoms with Gasteiger partial charge >= 0.3 is 0 Å². The average molecular weight is 341 g/mol. The van der Waals surface area contributed by atoms with Crippen molar-refractivity contribution < 1.29 is 13.9 Å². The highest BCUT2D eigenvalue weighted by Crippen LogP contribution is 2.30. The summed E-state index contributed by atoms with van der Waals surface area (Å²) in [5.74, 6) is 0.149. The second-order valence-corrected chi connectivity index (χ2v) is 6.48. The van der Waals surface area contributed by atoms with E-state index in [4.69, 9.17) is 4.74 Å². The predicted molar refractivity (Wildman–Crippen MR) is 95.6 cm³/mol. The van der Waals surface area contributed by atoms with Crippen LogP contribution >= 0.6 is 0 Å². The Morgan fingerprint density at radius 1 is 1.16 bits per heavy atom. The number of rotatable bonds is 6. The molecule has 3 rings (SSSR count). The molecule has 0 aromatic heterocycles. The fraction of sp³-hybridized carbons (Fsp3) is 0.381. The molecule has 0 aliphatic carbocycles. The van der Waals surface area contributed by atoms with Crippen LogP contribution < -0.4 is 0 Å². The molecule has 0 radical (unpaired) electrons. The molecule has 3 nitrogen and oxygen atoms in total. The van der Waals surface area contributed by atoms with Crippen LogP contribution in [0.25, 0.3) is 0 Å². The summed E-state index contributed by atoms with van der Waals surface area (Å²) in [6.45, 7) is 3.99. The van der Waals surface area contributed by atoms with Gasteiger partial charge in [0.2, 0.25) is 5.91 Å². The third-order valence-corrected chi connectivity index (χ3v) is 4.76. The summed E-state index contributed by atoms with van der Waals surface area (Å²) in [5, 5.41) is 0. The van der Waals surface area contributed by atoms with Crippen LogP contribution in [0, 0.1) is 11.7 Å². The molecule has 2 atom stereocenters. The van der Waals surface area contributed by atoms with E-state index in [1.165, 1.54) is 12.1 Å². The summed E-state index contributed by atoms with van der Waals surface area (Å²) in [5.41, 5.74) is 1.96. The fourth-order valence-corrected chi connectivity index (χ4v) is 3.44. The van der Waals surface area contributed by atoms with Crippen LogP contribution in [0.15, 0.2) is 54.6 Å². The Morgan fingerprint density at radius 2 is 1.84 bits per heavy atom. The number of ether oxygens (including phenoxy) is 1. The van der Waals surface area contributed by atoms with E-state index in [0.29, 0.717) is 25.5 Å². The zero-order valence-corrected chi connectivity index (χ0v) is 14.5. The first-order chi connectivity index (χ1) is 12.2. The van der Waals surface area contributed by atoms with Crippen molar-refractivity contribution in [2.24, 2.45) is 5.92 Å². The van der Waals surface area contributed by atoms with Gasteiger partial charge in [-0.1, -0.05) is 42.5 Å². The first-order valence-corrected chi connectivity index (χ1v) is 8.86. The molecule has 2 aromatic carbocycles. The lowest BCUT2D eigenvalue weighted by Gasteiger charge is -2.32. The number of benzene rings is 2. The molecular formula is C21H24FNO2. The Labute approximate surface area is 148 Å². The van der Waals surface area contributed by atoms with Crippen molar-refractivity contribution in [1.29, 1.82) is 0 Å². The largest absolute Gasteiger partial charge is 0.381 e. The number of nitrogens with zero attached hydrogens (tertiary/aromatic N) is 1. The van der Waals surface area contributed by atoms with Crippen molar-refractivity contribution in [3.8, 4) is 0 Å². The summed E-state index contributed by atoms with van der Waals surface area (Å²) in [4.78, 5) is 14.9. The minimum Gasteiger partial charge on any atom is -0.381 e. The van der Waals surface area contributed by atoms with E-state index in [1.54, 1.807) is 12.1 Å². The third-order valence-electron chi connectivity index (χ3n) is 4.76. The molecule has 0 bridgehead atoms. The van der Waals surface area contributed by atoms with Crippen molar-refractivity contribution in [3.05, 3.63) is 71.5 Å². The molecule has 0 unspecified atom stereocenters. The molecule has 1 aliphatic rings. The Kier molecular flexibility index (Phi) is 5.82. The van der Waals surface area contributed by atoms with Gasteiger partial charge in [-0.05, 0) is 42.5 Å². The minimum absolute atomic E-state index is 0.121. The van der Waals surface area contributed by atoms with Crippen LogP contribution in [-0.4, -0.2) is 30.6 Å². The molecule has 132 valence electrons. The lowest BCUT2D eigenvalue weighted by molar-refractivity contribution is -0.133. The molecule has 0 N–H and O–H groups in total. The number of carbonyl (C=O) groups is 1. The average Bonchev–Trinajstić information content (AvgIpc) is 3.14. The van der Waals surface area contributed by atoms with Crippen LogP contribution in [0.4, 0.5) is 4.39 Å². The normalized spacial score (nSPS) is 18.1. The number of amides is 1. The second-order valence-electron chi connectivity index (χ2n) is 6.48. The molecule has 1 fully saturated rings. The number of hydrogen-bond donors (Lipinski definition) is 0. The highest BCUT2D eigenvalue weighted by molar-refractivity contribution is 5.77. The maximum atomic E-state index is 13.4. The van der Waals surface area contributed by atoms with Crippen molar-refractivity contribution >= 4 is 5.91 Å². The lowest BCUT2D eigenvalue weighted by Crippen LogP contribution is -2.36. The minimum atomic E-state index is -0.270. The molecule has 0 saturated carbocycles. The summed E-state index contributed by atoms with van der Waals surface area (Å²) in [7, 11) is 0.